The smallest absolute Gasteiger partial charge is 0.408 e. The Bertz CT molecular complexity index is 782. The number of oxazole rings is 1. The van der Waals surface area contributed by atoms with Crippen molar-refractivity contribution in [3.05, 3.63) is 34.3 Å². The van der Waals surface area contributed by atoms with Crippen molar-refractivity contribution in [1.29, 1.82) is 0 Å². The molecule has 1 heterocycles. The molecule has 0 radical (unpaired) electrons. The lowest BCUT2D eigenvalue weighted by atomic mass is 10.1. The van der Waals surface area contributed by atoms with Crippen LogP contribution >= 0.6 is 0 Å². The number of hydrogen-bond donors (Lipinski definition) is 2. The van der Waals surface area contributed by atoms with E-state index < -0.39 is 5.76 Å². The Morgan fingerprint density at radius 3 is 2.62 bits per heavy atom. The highest BCUT2D eigenvalue weighted by atomic mass is 16.4. The molecule has 1 aliphatic rings. The Labute approximate surface area is 139 Å². The highest BCUT2D eigenvalue weighted by Crippen LogP contribution is 2.18. The van der Waals surface area contributed by atoms with Crippen LogP contribution in [0.5, 0.6) is 0 Å². The van der Waals surface area contributed by atoms with Crippen molar-refractivity contribution in [3.63, 3.8) is 0 Å². The Kier molecular flexibility index (Phi) is 5.13. The molecule has 0 atom stereocenters. The van der Waals surface area contributed by atoms with Gasteiger partial charge in [-0.05, 0) is 31.0 Å². The average Bonchev–Trinajstić information content (AvgIpc) is 2.75. The standard InChI is InChI=1S/C18H22N2O4/c21-15(12-7-8-14-16(11-12)24-18(23)20-14)9-10-17(22)19-13-5-3-1-2-4-6-13/h7-8,11,13H,1-6,9-10H2,(H,19,22)(H,20,23). The van der Waals surface area contributed by atoms with Crippen molar-refractivity contribution in [2.45, 2.75) is 57.4 Å². The lowest BCUT2D eigenvalue weighted by Crippen LogP contribution is -2.34. The van der Waals surface area contributed by atoms with E-state index in [0.717, 1.165) is 25.7 Å². The molecule has 1 saturated carbocycles. The predicted octanol–water partition coefficient (Wildman–Crippen LogP) is 2.92. The van der Waals surface area contributed by atoms with Gasteiger partial charge in [-0.3, -0.25) is 14.6 Å². The van der Waals surface area contributed by atoms with Gasteiger partial charge in [0.15, 0.2) is 11.4 Å². The molecule has 3 rings (SSSR count). The van der Waals surface area contributed by atoms with Crippen LogP contribution in [0.3, 0.4) is 0 Å². The number of ketones is 1. The van der Waals surface area contributed by atoms with Gasteiger partial charge in [0.2, 0.25) is 5.91 Å². The minimum absolute atomic E-state index is 0.0653. The predicted molar refractivity (Wildman–Crippen MR) is 90.0 cm³/mol. The maximum Gasteiger partial charge on any atom is 0.417 e. The number of nitrogens with one attached hydrogen (secondary N) is 2. The summed E-state index contributed by atoms with van der Waals surface area (Å²) in [4.78, 5) is 37.9. The first-order valence-corrected chi connectivity index (χ1v) is 8.57. The Morgan fingerprint density at radius 1 is 1.12 bits per heavy atom. The Morgan fingerprint density at radius 2 is 1.88 bits per heavy atom. The minimum Gasteiger partial charge on any atom is -0.408 e. The largest absolute Gasteiger partial charge is 0.417 e. The van der Waals surface area contributed by atoms with Gasteiger partial charge in [-0.25, -0.2) is 4.79 Å². The maximum absolute atomic E-state index is 12.2. The van der Waals surface area contributed by atoms with E-state index in [2.05, 4.69) is 10.3 Å². The van der Waals surface area contributed by atoms with Gasteiger partial charge in [-0.15, -0.1) is 0 Å². The van der Waals surface area contributed by atoms with Crippen LogP contribution < -0.4 is 11.1 Å². The van der Waals surface area contributed by atoms with Crippen LogP contribution in [0.15, 0.2) is 27.4 Å². The number of fused-ring (bicyclic) bond motifs is 1. The molecule has 6 nitrogen and oxygen atoms in total. The van der Waals surface area contributed by atoms with Crippen molar-refractivity contribution in [3.8, 4) is 0 Å². The van der Waals surface area contributed by atoms with Crippen molar-refractivity contribution >= 4 is 22.8 Å². The molecular weight excluding hydrogens is 308 g/mol. The number of amides is 1. The second kappa shape index (κ2) is 7.47. The van der Waals surface area contributed by atoms with E-state index in [-0.39, 0.29) is 30.6 Å². The molecule has 1 amide bonds. The summed E-state index contributed by atoms with van der Waals surface area (Å²) in [6, 6.07) is 5.07. The third kappa shape index (κ3) is 4.13. The van der Waals surface area contributed by atoms with Crippen LogP contribution in [0.4, 0.5) is 0 Å². The molecule has 6 heteroatoms. The summed E-state index contributed by atoms with van der Waals surface area (Å²) in [5, 5.41) is 3.04. The zero-order chi connectivity index (χ0) is 16.9. The Hall–Kier alpha value is -2.37. The molecule has 128 valence electrons. The van der Waals surface area contributed by atoms with E-state index in [9.17, 15) is 14.4 Å². The minimum atomic E-state index is -0.544. The summed E-state index contributed by atoms with van der Waals surface area (Å²) in [6.07, 6.45) is 7.19. The van der Waals surface area contributed by atoms with E-state index in [1.807, 2.05) is 0 Å². The topological polar surface area (TPSA) is 92.2 Å². The fourth-order valence-electron chi connectivity index (χ4n) is 3.21. The van der Waals surface area contributed by atoms with Gasteiger partial charge >= 0.3 is 5.76 Å². The van der Waals surface area contributed by atoms with Crippen LogP contribution in [0, 0.1) is 0 Å². The number of H-pyrrole nitrogens is 1. The van der Waals surface area contributed by atoms with E-state index >= 15 is 0 Å². The molecule has 2 aromatic rings. The molecule has 2 N–H and O–H groups in total. The lowest BCUT2D eigenvalue weighted by Gasteiger charge is -2.15. The first-order chi connectivity index (χ1) is 11.6. The fourth-order valence-corrected chi connectivity index (χ4v) is 3.21. The number of carbonyl (C=O) groups excluding carboxylic acids is 2. The quantitative estimate of drug-likeness (QED) is 0.651. The molecule has 1 aromatic carbocycles. The van der Waals surface area contributed by atoms with Gasteiger partial charge in [0.05, 0.1) is 5.52 Å². The van der Waals surface area contributed by atoms with Crippen LogP contribution in [-0.4, -0.2) is 22.7 Å². The second-order valence-electron chi connectivity index (χ2n) is 6.40. The molecule has 0 unspecified atom stereocenters. The van der Waals surface area contributed by atoms with Crippen LogP contribution in [0.25, 0.3) is 11.1 Å². The molecular formula is C18H22N2O4. The lowest BCUT2D eigenvalue weighted by molar-refractivity contribution is -0.121. The molecule has 0 aliphatic heterocycles. The number of aromatic nitrogens is 1. The average molecular weight is 330 g/mol. The van der Waals surface area contributed by atoms with Crippen molar-refractivity contribution in [2.75, 3.05) is 0 Å². The zero-order valence-corrected chi connectivity index (χ0v) is 13.6. The summed E-state index contributed by atoms with van der Waals surface area (Å²) in [5.74, 6) is -0.737. The summed E-state index contributed by atoms with van der Waals surface area (Å²) in [5.41, 5.74) is 1.36. The molecule has 1 aromatic heterocycles. The number of hydrogen-bond acceptors (Lipinski definition) is 4. The second-order valence-corrected chi connectivity index (χ2v) is 6.40. The zero-order valence-electron chi connectivity index (χ0n) is 13.6. The highest BCUT2D eigenvalue weighted by molar-refractivity contribution is 6.00. The van der Waals surface area contributed by atoms with Gasteiger partial charge in [-0.1, -0.05) is 25.7 Å². The van der Waals surface area contributed by atoms with Crippen molar-refractivity contribution in [1.82, 2.24) is 10.3 Å². The van der Waals surface area contributed by atoms with E-state index in [4.69, 9.17) is 4.42 Å². The molecule has 1 aliphatic carbocycles. The van der Waals surface area contributed by atoms with Gasteiger partial charge < -0.3 is 9.73 Å². The maximum atomic E-state index is 12.2. The van der Waals surface area contributed by atoms with Crippen molar-refractivity contribution < 1.29 is 14.0 Å². The molecule has 24 heavy (non-hydrogen) atoms. The van der Waals surface area contributed by atoms with Crippen molar-refractivity contribution in [2.24, 2.45) is 0 Å². The first-order valence-electron chi connectivity index (χ1n) is 8.57. The molecule has 0 spiro atoms. The normalized spacial score (nSPS) is 16.0. The summed E-state index contributed by atoms with van der Waals surface area (Å²) >= 11 is 0. The van der Waals surface area contributed by atoms with Gasteiger partial charge in [-0.2, -0.15) is 0 Å². The fraction of sp³-hybridized carbons (Fsp3) is 0.500. The monoisotopic (exact) mass is 330 g/mol. The van der Waals surface area contributed by atoms with Gasteiger partial charge in [0.1, 0.15) is 0 Å². The number of benzene rings is 1. The van der Waals surface area contributed by atoms with E-state index in [1.165, 1.54) is 12.8 Å². The molecule has 0 bridgehead atoms. The number of Topliss-reactive ketones (excluding diaryl/α,β-unsaturated/α-hetero) is 1. The molecule has 1 fully saturated rings. The summed E-state index contributed by atoms with van der Waals surface area (Å²) in [6.45, 7) is 0. The third-order valence-corrected chi connectivity index (χ3v) is 4.54. The van der Waals surface area contributed by atoms with Crippen LogP contribution in [-0.2, 0) is 4.79 Å². The van der Waals surface area contributed by atoms with Gasteiger partial charge in [0, 0.05) is 24.4 Å². The Balaban J connectivity index is 1.53. The first kappa shape index (κ1) is 16.5. The summed E-state index contributed by atoms with van der Waals surface area (Å²) in [7, 11) is 0. The molecule has 0 saturated heterocycles. The number of aromatic amines is 1. The van der Waals surface area contributed by atoms with Crippen LogP contribution in [0.1, 0.15) is 61.7 Å². The number of carbonyl (C=O) groups is 2. The van der Waals surface area contributed by atoms with E-state index in [0.29, 0.717) is 16.7 Å². The summed E-state index contributed by atoms with van der Waals surface area (Å²) < 4.78 is 4.95. The number of rotatable bonds is 5. The van der Waals surface area contributed by atoms with E-state index in [1.54, 1.807) is 18.2 Å². The third-order valence-electron chi connectivity index (χ3n) is 4.54. The van der Waals surface area contributed by atoms with Crippen LogP contribution in [0.2, 0.25) is 0 Å². The SMILES string of the molecule is O=C(CCC(=O)c1ccc2[nH]c(=O)oc2c1)NC1CCCCCC1. The highest BCUT2D eigenvalue weighted by Gasteiger charge is 2.16. The van der Waals surface area contributed by atoms with Gasteiger partial charge in [0.25, 0.3) is 0 Å².